The number of nitrogens with zero attached hydrogens (tertiary/aromatic N) is 2. The van der Waals surface area contributed by atoms with E-state index >= 15 is 0 Å². The predicted molar refractivity (Wildman–Crippen MR) is 134 cm³/mol. The number of rotatable bonds is 6. The van der Waals surface area contributed by atoms with Gasteiger partial charge >= 0.3 is 0 Å². The maximum atomic E-state index is 13.6. The zero-order valence-corrected chi connectivity index (χ0v) is 20.0. The second-order valence-electron chi connectivity index (χ2n) is 10.1. The van der Waals surface area contributed by atoms with Crippen molar-refractivity contribution in [2.24, 2.45) is 5.92 Å². The molecule has 3 atom stereocenters. The number of fused-ring (bicyclic) bond motifs is 1. The summed E-state index contributed by atoms with van der Waals surface area (Å²) in [5, 5.41) is 14.5. The first kappa shape index (κ1) is 23.4. The lowest BCUT2D eigenvalue weighted by Gasteiger charge is -2.46. The van der Waals surface area contributed by atoms with E-state index in [-0.39, 0.29) is 17.8 Å². The van der Waals surface area contributed by atoms with Gasteiger partial charge in [0.05, 0.1) is 18.3 Å². The van der Waals surface area contributed by atoms with Gasteiger partial charge in [-0.1, -0.05) is 48.5 Å². The Morgan fingerprint density at radius 3 is 2.56 bits per heavy atom. The van der Waals surface area contributed by atoms with Crippen LogP contribution in [0.1, 0.15) is 30.4 Å². The molecule has 3 unspecified atom stereocenters. The lowest BCUT2D eigenvalue weighted by molar-refractivity contribution is -0.114. The molecule has 180 valence electrons. The Labute approximate surface area is 201 Å². The zero-order chi connectivity index (χ0) is 23.5. The quantitative estimate of drug-likeness (QED) is 0.571. The standard InChI is InChI=1S/C29H35FN2O2/c1-31-13-15-32(16-14-31)20-26-19-28(34-21-22-5-4-8-27(30)17-22)11-12-29(26,33)25-10-9-23-6-2-3-7-24(23)18-25/h2-10,17-18,26,28,33H,11-16,19-21H2,1H3. The van der Waals surface area contributed by atoms with E-state index in [9.17, 15) is 9.50 Å². The molecule has 1 saturated carbocycles. The molecule has 0 radical (unpaired) electrons. The molecule has 1 aliphatic carbocycles. The molecule has 1 N–H and O–H groups in total. The smallest absolute Gasteiger partial charge is 0.123 e. The highest BCUT2D eigenvalue weighted by Crippen LogP contribution is 2.44. The van der Waals surface area contributed by atoms with Crippen molar-refractivity contribution in [3.63, 3.8) is 0 Å². The number of hydrogen-bond donors (Lipinski definition) is 1. The summed E-state index contributed by atoms with van der Waals surface area (Å²) in [6.07, 6.45) is 2.31. The summed E-state index contributed by atoms with van der Waals surface area (Å²) in [6, 6.07) is 21.4. The van der Waals surface area contributed by atoms with Gasteiger partial charge in [-0.2, -0.15) is 0 Å². The van der Waals surface area contributed by atoms with Crippen LogP contribution in [0, 0.1) is 11.7 Å². The summed E-state index contributed by atoms with van der Waals surface area (Å²) in [4.78, 5) is 4.85. The summed E-state index contributed by atoms with van der Waals surface area (Å²) in [5.74, 6) is -0.160. The number of halogens is 1. The van der Waals surface area contributed by atoms with Crippen LogP contribution in [-0.2, 0) is 16.9 Å². The van der Waals surface area contributed by atoms with Crippen LogP contribution in [-0.4, -0.2) is 60.8 Å². The minimum atomic E-state index is -0.883. The Morgan fingerprint density at radius 1 is 0.971 bits per heavy atom. The van der Waals surface area contributed by atoms with Gasteiger partial charge < -0.3 is 19.6 Å². The molecule has 2 aliphatic rings. The van der Waals surface area contributed by atoms with E-state index in [4.69, 9.17) is 4.74 Å². The number of likely N-dealkylation sites (N-methyl/N-ethyl adjacent to an activating group) is 1. The Bertz CT molecular complexity index is 1110. The Hall–Kier alpha value is -2.31. The molecule has 1 saturated heterocycles. The highest BCUT2D eigenvalue weighted by molar-refractivity contribution is 5.83. The maximum Gasteiger partial charge on any atom is 0.123 e. The summed E-state index contributed by atoms with van der Waals surface area (Å²) in [5.41, 5.74) is 0.978. The van der Waals surface area contributed by atoms with Crippen molar-refractivity contribution in [1.82, 2.24) is 9.80 Å². The van der Waals surface area contributed by atoms with Gasteiger partial charge in [0.1, 0.15) is 5.82 Å². The zero-order valence-electron chi connectivity index (χ0n) is 20.0. The normalized spacial score (nSPS) is 26.7. The van der Waals surface area contributed by atoms with Gasteiger partial charge in [-0.15, -0.1) is 0 Å². The van der Waals surface area contributed by atoms with Gasteiger partial charge in [0.2, 0.25) is 0 Å². The Kier molecular flexibility index (Phi) is 6.98. The molecule has 1 heterocycles. The molecule has 0 bridgehead atoms. The number of aliphatic hydroxyl groups is 1. The van der Waals surface area contributed by atoms with Crippen LogP contribution < -0.4 is 0 Å². The van der Waals surface area contributed by atoms with Crippen molar-refractivity contribution < 1.29 is 14.2 Å². The largest absolute Gasteiger partial charge is 0.385 e. The fourth-order valence-electron chi connectivity index (χ4n) is 5.61. The second kappa shape index (κ2) is 10.1. The van der Waals surface area contributed by atoms with E-state index in [0.29, 0.717) is 13.0 Å². The van der Waals surface area contributed by atoms with Gasteiger partial charge in [-0.25, -0.2) is 4.39 Å². The van der Waals surface area contributed by atoms with Gasteiger partial charge in [0, 0.05) is 38.6 Å². The molecule has 4 nitrogen and oxygen atoms in total. The third kappa shape index (κ3) is 5.18. The molecule has 1 aliphatic heterocycles. The number of piperazine rings is 1. The monoisotopic (exact) mass is 462 g/mol. The van der Waals surface area contributed by atoms with Crippen molar-refractivity contribution in [2.45, 2.75) is 37.6 Å². The topological polar surface area (TPSA) is 35.9 Å². The van der Waals surface area contributed by atoms with Gasteiger partial charge in [0.15, 0.2) is 0 Å². The van der Waals surface area contributed by atoms with Crippen LogP contribution in [0.3, 0.4) is 0 Å². The van der Waals surface area contributed by atoms with E-state index in [2.05, 4.69) is 53.2 Å². The van der Waals surface area contributed by atoms with Crippen molar-refractivity contribution in [3.8, 4) is 0 Å². The lowest BCUT2D eigenvalue weighted by atomic mass is 9.70. The fourth-order valence-corrected chi connectivity index (χ4v) is 5.61. The van der Waals surface area contributed by atoms with Gasteiger partial charge in [-0.3, -0.25) is 0 Å². The molecule has 5 heteroatoms. The van der Waals surface area contributed by atoms with Crippen molar-refractivity contribution in [2.75, 3.05) is 39.8 Å². The average Bonchev–Trinajstić information content (AvgIpc) is 2.85. The van der Waals surface area contributed by atoms with Crippen LogP contribution in [0.4, 0.5) is 4.39 Å². The van der Waals surface area contributed by atoms with E-state index in [1.807, 2.05) is 12.1 Å². The third-order valence-electron chi connectivity index (χ3n) is 7.77. The van der Waals surface area contributed by atoms with E-state index in [1.54, 1.807) is 6.07 Å². The third-order valence-corrected chi connectivity index (χ3v) is 7.77. The molecule has 5 rings (SSSR count). The fraction of sp³-hybridized carbons (Fsp3) is 0.448. The summed E-state index contributed by atoms with van der Waals surface area (Å²) in [6.45, 7) is 5.42. The molecular weight excluding hydrogens is 427 g/mol. The molecular formula is C29H35FN2O2. The van der Waals surface area contributed by atoms with Crippen molar-refractivity contribution in [3.05, 3.63) is 83.7 Å². The first-order valence-corrected chi connectivity index (χ1v) is 12.5. The second-order valence-corrected chi connectivity index (χ2v) is 10.1. The van der Waals surface area contributed by atoms with Gasteiger partial charge in [0.25, 0.3) is 0 Å². The van der Waals surface area contributed by atoms with E-state index in [1.165, 1.54) is 17.5 Å². The Balaban J connectivity index is 1.36. The van der Waals surface area contributed by atoms with Crippen LogP contribution in [0.25, 0.3) is 10.8 Å². The summed E-state index contributed by atoms with van der Waals surface area (Å²) >= 11 is 0. The first-order valence-electron chi connectivity index (χ1n) is 12.5. The lowest BCUT2D eigenvalue weighted by Crippen LogP contribution is -2.52. The Morgan fingerprint density at radius 2 is 1.76 bits per heavy atom. The van der Waals surface area contributed by atoms with Crippen LogP contribution in [0.15, 0.2) is 66.7 Å². The van der Waals surface area contributed by atoms with Gasteiger partial charge in [-0.05, 0) is 66.4 Å². The average molecular weight is 463 g/mol. The first-order chi connectivity index (χ1) is 16.5. The van der Waals surface area contributed by atoms with Crippen LogP contribution >= 0.6 is 0 Å². The van der Waals surface area contributed by atoms with E-state index < -0.39 is 5.60 Å². The SMILES string of the molecule is CN1CCN(CC2CC(OCc3cccc(F)c3)CCC2(O)c2ccc3ccccc3c2)CC1. The minimum absolute atomic E-state index is 0.0569. The minimum Gasteiger partial charge on any atom is -0.385 e. The van der Waals surface area contributed by atoms with E-state index in [0.717, 1.165) is 62.1 Å². The molecule has 34 heavy (non-hydrogen) atoms. The van der Waals surface area contributed by atoms with Crippen molar-refractivity contribution in [1.29, 1.82) is 0 Å². The highest BCUT2D eigenvalue weighted by atomic mass is 19.1. The summed E-state index contributed by atoms with van der Waals surface area (Å²) in [7, 11) is 2.17. The maximum absolute atomic E-state index is 13.6. The number of ether oxygens (including phenoxy) is 1. The number of hydrogen-bond acceptors (Lipinski definition) is 4. The van der Waals surface area contributed by atoms with Crippen molar-refractivity contribution >= 4 is 10.8 Å². The predicted octanol–water partition coefficient (Wildman–Crippen LogP) is 4.80. The van der Waals surface area contributed by atoms with Crippen LogP contribution in [0.5, 0.6) is 0 Å². The molecule has 3 aromatic rings. The molecule has 3 aromatic carbocycles. The molecule has 0 amide bonds. The highest BCUT2D eigenvalue weighted by Gasteiger charge is 2.44. The molecule has 0 spiro atoms. The summed E-state index contributed by atoms with van der Waals surface area (Å²) < 4.78 is 19.8. The van der Waals surface area contributed by atoms with Crippen LogP contribution in [0.2, 0.25) is 0 Å². The molecule has 0 aromatic heterocycles. The number of benzene rings is 3. The molecule has 2 fully saturated rings.